The summed E-state index contributed by atoms with van der Waals surface area (Å²) < 4.78 is 0. The molecule has 1 unspecified atom stereocenters. The van der Waals surface area contributed by atoms with E-state index in [2.05, 4.69) is 16.4 Å². The van der Waals surface area contributed by atoms with E-state index in [-0.39, 0.29) is 12.1 Å². The molecule has 26 heavy (non-hydrogen) atoms. The maximum atomic E-state index is 13.1. The van der Waals surface area contributed by atoms with Crippen LogP contribution in [0.4, 0.5) is 16.3 Å². The van der Waals surface area contributed by atoms with Gasteiger partial charge in [-0.25, -0.2) is 14.7 Å². The van der Waals surface area contributed by atoms with E-state index in [9.17, 15) is 10.1 Å². The third-order valence-electron chi connectivity index (χ3n) is 3.98. The minimum atomic E-state index is -0.345. The van der Waals surface area contributed by atoms with Gasteiger partial charge in [0.1, 0.15) is 6.07 Å². The Morgan fingerprint density at radius 2 is 1.69 bits per heavy atom. The van der Waals surface area contributed by atoms with Gasteiger partial charge in [0, 0.05) is 6.20 Å². The Hall–Kier alpha value is -3.65. The molecule has 5 nitrogen and oxygen atoms in total. The predicted octanol–water partition coefficient (Wildman–Crippen LogP) is 4.56. The first-order chi connectivity index (χ1) is 12.7. The molecule has 3 rings (SSSR count). The van der Waals surface area contributed by atoms with Crippen molar-refractivity contribution in [2.45, 2.75) is 13.0 Å². The molecule has 1 heterocycles. The van der Waals surface area contributed by atoms with Gasteiger partial charge in [0.2, 0.25) is 0 Å². The van der Waals surface area contributed by atoms with Gasteiger partial charge in [0.05, 0.1) is 17.3 Å². The lowest BCUT2D eigenvalue weighted by atomic mass is 10.1. The van der Waals surface area contributed by atoms with Crippen LogP contribution in [0.1, 0.15) is 24.1 Å². The predicted molar refractivity (Wildman–Crippen MR) is 101 cm³/mol. The first-order valence-corrected chi connectivity index (χ1v) is 8.26. The van der Waals surface area contributed by atoms with Crippen molar-refractivity contribution in [1.82, 2.24) is 10.3 Å². The summed E-state index contributed by atoms with van der Waals surface area (Å²) in [6, 6.07) is 23.8. The molecule has 0 saturated carbocycles. The molecule has 0 bridgehead atoms. The molecule has 2 aromatic carbocycles. The van der Waals surface area contributed by atoms with E-state index in [0.29, 0.717) is 17.1 Å². The van der Waals surface area contributed by atoms with Crippen LogP contribution >= 0.6 is 0 Å². The van der Waals surface area contributed by atoms with Gasteiger partial charge in [-0.05, 0) is 36.8 Å². The van der Waals surface area contributed by atoms with Crippen molar-refractivity contribution in [3.63, 3.8) is 0 Å². The molecule has 0 fully saturated rings. The van der Waals surface area contributed by atoms with Crippen molar-refractivity contribution in [2.75, 3.05) is 4.90 Å². The van der Waals surface area contributed by atoms with Crippen LogP contribution in [0.2, 0.25) is 0 Å². The van der Waals surface area contributed by atoms with Gasteiger partial charge in [0.15, 0.2) is 5.82 Å². The zero-order chi connectivity index (χ0) is 18.4. The lowest BCUT2D eigenvalue weighted by molar-refractivity contribution is 0.245. The Kier molecular flexibility index (Phi) is 5.25. The summed E-state index contributed by atoms with van der Waals surface area (Å²) >= 11 is 0. The number of nitrogens with zero attached hydrogens (tertiary/aromatic N) is 3. The van der Waals surface area contributed by atoms with Crippen molar-refractivity contribution in [3.05, 3.63) is 90.1 Å². The Labute approximate surface area is 152 Å². The summed E-state index contributed by atoms with van der Waals surface area (Å²) in [6.07, 6.45) is 1.57. The van der Waals surface area contributed by atoms with Crippen molar-refractivity contribution < 1.29 is 4.79 Å². The van der Waals surface area contributed by atoms with E-state index in [1.165, 1.54) is 4.90 Å². The second kappa shape index (κ2) is 7.95. The molecule has 2 amide bonds. The van der Waals surface area contributed by atoms with E-state index in [1.807, 2.05) is 67.6 Å². The number of pyridine rings is 1. The number of anilines is 2. The molecule has 0 aliphatic rings. The first-order valence-electron chi connectivity index (χ1n) is 8.26. The smallest absolute Gasteiger partial charge is 0.328 e. The lowest BCUT2D eigenvalue weighted by Gasteiger charge is -2.25. The molecule has 1 aromatic heterocycles. The minimum Gasteiger partial charge on any atom is -0.331 e. The fraction of sp³-hybridized carbons (Fsp3) is 0.0952. The molecular formula is C21H18N4O. The Morgan fingerprint density at radius 3 is 2.35 bits per heavy atom. The van der Waals surface area contributed by atoms with Crippen LogP contribution in [0.15, 0.2) is 79.0 Å². The Morgan fingerprint density at radius 1 is 1.04 bits per heavy atom. The third-order valence-corrected chi connectivity index (χ3v) is 3.98. The summed E-state index contributed by atoms with van der Waals surface area (Å²) in [5, 5.41) is 12.4. The summed E-state index contributed by atoms with van der Waals surface area (Å²) in [7, 11) is 0. The highest BCUT2D eigenvalue weighted by molar-refractivity contribution is 5.99. The second-order valence-corrected chi connectivity index (χ2v) is 5.74. The van der Waals surface area contributed by atoms with E-state index < -0.39 is 0 Å². The number of para-hydroxylation sites is 1. The molecule has 0 radical (unpaired) electrons. The van der Waals surface area contributed by atoms with Gasteiger partial charge in [-0.15, -0.1) is 0 Å². The van der Waals surface area contributed by atoms with Crippen LogP contribution < -0.4 is 10.2 Å². The van der Waals surface area contributed by atoms with Gasteiger partial charge in [-0.1, -0.05) is 48.5 Å². The van der Waals surface area contributed by atoms with Gasteiger partial charge in [-0.2, -0.15) is 5.26 Å². The zero-order valence-electron chi connectivity index (χ0n) is 14.3. The second-order valence-electron chi connectivity index (χ2n) is 5.74. The molecule has 0 aliphatic carbocycles. The highest BCUT2D eigenvalue weighted by Crippen LogP contribution is 2.27. The van der Waals surface area contributed by atoms with Crippen molar-refractivity contribution in [1.29, 1.82) is 5.26 Å². The van der Waals surface area contributed by atoms with Crippen LogP contribution in [-0.4, -0.2) is 11.0 Å². The first kappa shape index (κ1) is 17.2. The normalized spacial score (nSPS) is 11.2. The number of hydrogen-bond donors (Lipinski definition) is 1. The van der Waals surface area contributed by atoms with E-state index in [0.717, 1.165) is 5.56 Å². The topological polar surface area (TPSA) is 69.0 Å². The van der Waals surface area contributed by atoms with E-state index >= 15 is 0 Å². The van der Waals surface area contributed by atoms with Crippen LogP contribution in [0.5, 0.6) is 0 Å². The Balaban J connectivity index is 1.96. The lowest BCUT2D eigenvalue weighted by Crippen LogP contribution is -2.39. The largest absolute Gasteiger partial charge is 0.331 e. The van der Waals surface area contributed by atoms with Crippen molar-refractivity contribution in [3.8, 4) is 6.07 Å². The van der Waals surface area contributed by atoms with Gasteiger partial charge in [-0.3, -0.25) is 0 Å². The number of urea groups is 1. The average Bonchev–Trinajstić information content (AvgIpc) is 2.70. The number of nitrogens with one attached hydrogen (secondary N) is 1. The molecule has 0 aliphatic heterocycles. The summed E-state index contributed by atoms with van der Waals surface area (Å²) in [5.74, 6) is 0.305. The SMILES string of the molecule is CC(NC(=O)N(c1ccccc1)c1ncccc1C#N)c1ccccc1. The van der Waals surface area contributed by atoms with Crippen LogP contribution in [0, 0.1) is 11.3 Å². The molecule has 3 aromatic rings. The number of carbonyl (C=O) groups is 1. The third kappa shape index (κ3) is 3.70. The van der Waals surface area contributed by atoms with Crippen molar-refractivity contribution >= 4 is 17.5 Å². The van der Waals surface area contributed by atoms with Gasteiger partial charge < -0.3 is 5.32 Å². The average molecular weight is 342 g/mol. The molecule has 1 atom stereocenters. The van der Waals surface area contributed by atoms with Crippen molar-refractivity contribution in [2.24, 2.45) is 0 Å². The molecular weight excluding hydrogens is 324 g/mol. The standard InChI is InChI=1S/C21H18N4O/c1-16(17-9-4-2-5-10-17)24-21(26)25(19-12-6-3-7-13-19)20-18(15-22)11-8-14-23-20/h2-14,16H,1H3,(H,24,26). The molecule has 0 spiro atoms. The van der Waals surface area contributed by atoms with Crippen LogP contribution in [0.3, 0.4) is 0 Å². The quantitative estimate of drug-likeness (QED) is 0.755. The summed E-state index contributed by atoms with van der Waals surface area (Å²) in [4.78, 5) is 18.8. The molecule has 5 heteroatoms. The number of aromatic nitrogens is 1. The molecule has 0 saturated heterocycles. The van der Waals surface area contributed by atoms with Gasteiger partial charge >= 0.3 is 6.03 Å². The Bertz CT molecular complexity index is 920. The number of hydrogen-bond acceptors (Lipinski definition) is 3. The number of rotatable bonds is 4. The fourth-order valence-corrected chi connectivity index (χ4v) is 2.65. The number of carbonyl (C=O) groups excluding carboxylic acids is 1. The highest BCUT2D eigenvalue weighted by Gasteiger charge is 2.23. The van der Waals surface area contributed by atoms with Crippen LogP contribution in [0.25, 0.3) is 0 Å². The molecule has 1 N–H and O–H groups in total. The summed E-state index contributed by atoms with van der Waals surface area (Å²) in [5.41, 5.74) is 1.97. The minimum absolute atomic E-state index is 0.191. The van der Waals surface area contributed by atoms with E-state index in [1.54, 1.807) is 18.3 Å². The fourth-order valence-electron chi connectivity index (χ4n) is 2.65. The monoisotopic (exact) mass is 342 g/mol. The maximum absolute atomic E-state index is 13.1. The number of amides is 2. The number of benzene rings is 2. The zero-order valence-corrected chi connectivity index (χ0v) is 14.3. The molecule has 128 valence electrons. The van der Waals surface area contributed by atoms with Crippen LogP contribution in [-0.2, 0) is 0 Å². The van der Waals surface area contributed by atoms with E-state index in [4.69, 9.17) is 0 Å². The van der Waals surface area contributed by atoms with Gasteiger partial charge in [0.25, 0.3) is 0 Å². The summed E-state index contributed by atoms with van der Waals surface area (Å²) in [6.45, 7) is 1.92. The highest BCUT2D eigenvalue weighted by atomic mass is 16.2. The number of nitriles is 1. The maximum Gasteiger partial charge on any atom is 0.328 e.